The van der Waals surface area contributed by atoms with Crippen molar-refractivity contribution in [1.82, 2.24) is 15.0 Å². The number of sulfonamides is 1. The summed E-state index contributed by atoms with van der Waals surface area (Å²) in [5, 5.41) is 2.62. The van der Waals surface area contributed by atoms with Gasteiger partial charge in [0.2, 0.25) is 10.0 Å². The quantitative estimate of drug-likeness (QED) is 0.643. The molecule has 0 unspecified atom stereocenters. The van der Waals surface area contributed by atoms with Crippen LogP contribution in [0.4, 0.5) is 5.82 Å². The van der Waals surface area contributed by atoms with E-state index < -0.39 is 10.0 Å². The fraction of sp³-hybridized carbons (Fsp3) is 0.500. The lowest BCUT2D eigenvalue weighted by molar-refractivity contribution is 0.0954. The zero-order chi connectivity index (χ0) is 15.3. The Balaban J connectivity index is 2.64. The predicted molar refractivity (Wildman–Crippen MR) is 77.9 cm³/mol. The van der Waals surface area contributed by atoms with Crippen LogP contribution < -0.4 is 15.8 Å². The van der Waals surface area contributed by atoms with Crippen molar-refractivity contribution in [2.24, 2.45) is 0 Å². The average Bonchev–Trinajstić information content (AvgIpc) is 2.32. The summed E-state index contributed by atoms with van der Waals surface area (Å²) >= 11 is 0. The second kappa shape index (κ2) is 6.67. The van der Waals surface area contributed by atoms with Crippen molar-refractivity contribution in [2.45, 2.75) is 19.8 Å². The molecule has 0 bridgehead atoms. The minimum atomic E-state index is -3.24. The summed E-state index contributed by atoms with van der Waals surface area (Å²) < 4.78 is 24.0. The van der Waals surface area contributed by atoms with E-state index in [1.165, 1.54) is 6.07 Å². The van der Waals surface area contributed by atoms with Crippen molar-refractivity contribution in [3.63, 3.8) is 0 Å². The molecule has 4 N–H and O–H groups in total. The van der Waals surface area contributed by atoms with Crippen LogP contribution in [0.2, 0.25) is 0 Å². The number of pyridine rings is 1. The molecule has 1 amide bonds. The van der Waals surface area contributed by atoms with Gasteiger partial charge < -0.3 is 11.1 Å². The van der Waals surface area contributed by atoms with Crippen molar-refractivity contribution >= 4 is 21.7 Å². The minimum absolute atomic E-state index is 0.141. The molecule has 8 heteroatoms. The van der Waals surface area contributed by atoms with Gasteiger partial charge in [-0.2, -0.15) is 0 Å². The van der Waals surface area contributed by atoms with Gasteiger partial charge in [-0.25, -0.2) is 18.1 Å². The molecule has 0 fully saturated rings. The van der Waals surface area contributed by atoms with Crippen LogP contribution >= 0.6 is 0 Å². The molecule has 0 spiro atoms. The van der Waals surface area contributed by atoms with Gasteiger partial charge in [0.1, 0.15) is 5.82 Å². The Bertz CT molecular complexity index is 584. The highest BCUT2D eigenvalue weighted by atomic mass is 32.2. The number of aromatic nitrogens is 1. The number of nitrogens with two attached hydrogens (primary N) is 1. The van der Waals surface area contributed by atoms with Crippen LogP contribution in [-0.4, -0.2) is 38.7 Å². The van der Waals surface area contributed by atoms with E-state index in [-0.39, 0.29) is 30.7 Å². The van der Waals surface area contributed by atoms with Gasteiger partial charge in [0.05, 0.1) is 6.26 Å². The zero-order valence-electron chi connectivity index (χ0n) is 11.8. The normalized spacial score (nSPS) is 11.6. The fourth-order valence-corrected chi connectivity index (χ4v) is 1.99. The van der Waals surface area contributed by atoms with Crippen LogP contribution in [0.1, 0.15) is 35.8 Å². The molecule has 0 atom stereocenters. The van der Waals surface area contributed by atoms with E-state index in [0.29, 0.717) is 5.56 Å². The molecular formula is C12H20N4O3S. The SMILES string of the molecule is CC(C)c1cc(C(=O)NCCNS(C)(=O)=O)cc(N)n1. The Morgan fingerprint density at radius 3 is 2.55 bits per heavy atom. The van der Waals surface area contributed by atoms with Gasteiger partial charge in [-0.15, -0.1) is 0 Å². The Hall–Kier alpha value is -1.67. The molecule has 7 nitrogen and oxygen atoms in total. The topological polar surface area (TPSA) is 114 Å². The molecule has 0 saturated carbocycles. The number of carbonyl (C=O) groups is 1. The van der Waals surface area contributed by atoms with Crippen molar-refractivity contribution in [3.05, 3.63) is 23.4 Å². The second-order valence-electron chi connectivity index (χ2n) is 4.78. The second-order valence-corrected chi connectivity index (χ2v) is 6.62. The van der Waals surface area contributed by atoms with Gasteiger partial charge in [0.25, 0.3) is 5.91 Å². The van der Waals surface area contributed by atoms with Crippen LogP contribution in [-0.2, 0) is 10.0 Å². The van der Waals surface area contributed by atoms with Crippen molar-refractivity contribution in [2.75, 3.05) is 25.1 Å². The van der Waals surface area contributed by atoms with Gasteiger partial charge >= 0.3 is 0 Å². The van der Waals surface area contributed by atoms with E-state index in [0.717, 1.165) is 11.9 Å². The Labute approximate surface area is 119 Å². The smallest absolute Gasteiger partial charge is 0.251 e. The molecule has 20 heavy (non-hydrogen) atoms. The highest BCUT2D eigenvalue weighted by molar-refractivity contribution is 7.88. The lowest BCUT2D eigenvalue weighted by atomic mass is 10.1. The summed E-state index contributed by atoms with van der Waals surface area (Å²) in [7, 11) is -3.24. The molecule has 1 aromatic rings. The molecule has 112 valence electrons. The summed E-state index contributed by atoms with van der Waals surface area (Å²) in [4.78, 5) is 16.1. The molecular weight excluding hydrogens is 280 g/mol. The first-order valence-corrected chi connectivity index (χ1v) is 8.08. The maximum absolute atomic E-state index is 11.9. The lowest BCUT2D eigenvalue weighted by Crippen LogP contribution is -2.34. The highest BCUT2D eigenvalue weighted by Crippen LogP contribution is 2.15. The highest BCUT2D eigenvalue weighted by Gasteiger charge is 2.10. The summed E-state index contributed by atoms with van der Waals surface area (Å²) in [6.07, 6.45) is 1.06. The number of hydrogen-bond acceptors (Lipinski definition) is 5. The molecule has 0 aromatic carbocycles. The van der Waals surface area contributed by atoms with Crippen molar-refractivity contribution < 1.29 is 13.2 Å². The van der Waals surface area contributed by atoms with Crippen molar-refractivity contribution in [1.29, 1.82) is 0 Å². The van der Waals surface area contributed by atoms with E-state index in [4.69, 9.17) is 5.73 Å². The molecule has 0 radical (unpaired) electrons. The number of hydrogen-bond donors (Lipinski definition) is 3. The lowest BCUT2D eigenvalue weighted by Gasteiger charge is -2.10. The third-order valence-corrected chi connectivity index (χ3v) is 3.22. The first-order valence-electron chi connectivity index (χ1n) is 6.19. The first kappa shape index (κ1) is 16.4. The van der Waals surface area contributed by atoms with Gasteiger partial charge in [-0.3, -0.25) is 4.79 Å². The number of nitrogens with one attached hydrogen (secondary N) is 2. The van der Waals surface area contributed by atoms with Gasteiger partial charge in [-0.05, 0) is 18.1 Å². The van der Waals surface area contributed by atoms with E-state index in [1.54, 1.807) is 6.07 Å². The van der Waals surface area contributed by atoms with Crippen LogP contribution in [0.15, 0.2) is 12.1 Å². The van der Waals surface area contributed by atoms with E-state index in [9.17, 15) is 13.2 Å². The summed E-state index contributed by atoms with van der Waals surface area (Å²) in [5.41, 5.74) is 6.82. The molecule has 0 aliphatic carbocycles. The molecule has 1 aromatic heterocycles. The maximum atomic E-state index is 11.9. The van der Waals surface area contributed by atoms with Gasteiger partial charge in [0, 0.05) is 24.3 Å². The fourth-order valence-electron chi connectivity index (χ4n) is 1.52. The van der Waals surface area contributed by atoms with Crippen LogP contribution in [0.25, 0.3) is 0 Å². The molecule has 0 saturated heterocycles. The molecule has 0 aliphatic heterocycles. The Kier molecular flexibility index (Phi) is 5.46. The number of nitrogens with zero attached hydrogens (tertiary/aromatic N) is 1. The first-order chi connectivity index (χ1) is 9.19. The zero-order valence-corrected chi connectivity index (χ0v) is 12.6. The van der Waals surface area contributed by atoms with E-state index >= 15 is 0 Å². The van der Waals surface area contributed by atoms with Crippen molar-refractivity contribution in [3.8, 4) is 0 Å². The van der Waals surface area contributed by atoms with E-state index in [1.807, 2.05) is 13.8 Å². The summed E-state index contributed by atoms with van der Waals surface area (Å²) in [6.45, 7) is 4.26. The third kappa shape index (κ3) is 5.54. The van der Waals surface area contributed by atoms with Crippen LogP contribution in [0.3, 0.4) is 0 Å². The van der Waals surface area contributed by atoms with Crippen LogP contribution in [0.5, 0.6) is 0 Å². The molecule has 1 rings (SSSR count). The van der Waals surface area contributed by atoms with Gasteiger partial charge in [0.15, 0.2) is 0 Å². The largest absolute Gasteiger partial charge is 0.384 e. The molecule has 0 aliphatic rings. The van der Waals surface area contributed by atoms with E-state index in [2.05, 4.69) is 15.0 Å². The number of amides is 1. The van der Waals surface area contributed by atoms with Gasteiger partial charge in [-0.1, -0.05) is 13.8 Å². The number of anilines is 1. The number of nitrogen functional groups attached to an aromatic ring is 1. The number of carbonyl (C=O) groups excluding carboxylic acids is 1. The third-order valence-electron chi connectivity index (χ3n) is 2.49. The minimum Gasteiger partial charge on any atom is -0.384 e. The summed E-state index contributed by atoms with van der Waals surface area (Å²) in [6, 6.07) is 3.17. The summed E-state index contributed by atoms with van der Waals surface area (Å²) in [5.74, 6) is 0.142. The monoisotopic (exact) mass is 300 g/mol. The standard InChI is InChI=1S/C12H20N4O3S/c1-8(2)10-6-9(7-11(13)16-10)12(17)14-4-5-15-20(3,18)19/h6-8,15H,4-5H2,1-3H3,(H2,13,16)(H,14,17). The number of rotatable bonds is 6. The predicted octanol–water partition coefficient (Wildman–Crippen LogP) is 0.0662. The molecule has 1 heterocycles. The maximum Gasteiger partial charge on any atom is 0.251 e. The van der Waals surface area contributed by atoms with Crippen LogP contribution in [0, 0.1) is 0 Å². The Morgan fingerprint density at radius 2 is 2.00 bits per heavy atom. The average molecular weight is 300 g/mol. The Morgan fingerprint density at radius 1 is 1.35 bits per heavy atom.